The van der Waals surface area contributed by atoms with Crippen LogP contribution in [0.25, 0.3) is 0 Å². The Morgan fingerprint density at radius 1 is 1.15 bits per heavy atom. The number of non-ortho nitro benzene ring substituents is 1. The number of amides is 3. The van der Waals surface area contributed by atoms with Crippen molar-refractivity contribution in [1.29, 1.82) is 0 Å². The fraction of sp³-hybridized carbons (Fsp3) is 0.455. The highest BCUT2D eigenvalue weighted by atomic mass is 16.7. The van der Waals surface area contributed by atoms with Crippen LogP contribution in [0, 0.1) is 39.7 Å². The van der Waals surface area contributed by atoms with Gasteiger partial charge in [0, 0.05) is 25.1 Å². The van der Waals surface area contributed by atoms with E-state index >= 15 is 0 Å². The van der Waals surface area contributed by atoms with Gasteiger partial charge < -0.3 is 20.0 Å². The normalized spacial score (nSPS) is 27.5. The molecule has 4 rings (SSSR count). The Labute approximate surface area is 193 Å². The number of hydrogen-bond acceptors (Lipinski definition) is 9. The number of nitro benzene ring substituents is 1. The van der Waals surface area contributed by atoms with E-state index in [1.807, 2.05) is 19.1 Å². The number of alkyl carbamates (subject to hydrolysis) is 1. The maximum atomic E-state index is 12.6. The number of carbonyl (C=O) groups excluding carboxylic acids is 4. The number of hydrogen-bond donors (Lipinski definition) is 2. The summed E-state index contributed by atoms with van der Waals surface area (Å²) in [6.45, 7) is 1.71. The summed E-state index contributed by atoms with van der Waals surface area (Å²) in [4.78, 5) is 64.2. The number of benzene rings is 1. The van der Waals surface area contributed by atoms with Crippen LogP contribution in [0.15, 0.2) is 36.4 Å². The summed E-state index contributed by atoms with van der Waals surface area (Å²) in [6.07, 6.45) is 1.11. The van der Waals surface area contributed by atoms with Gasteiger partial charge >= 0.3 is 12.1 Å². The fourth-order valence-corrected chi connectivity index (χ4v) is 4.84. The molecule has 2 bridgehead atoms. The van der Waals surface area contributed by atoms with Gasteiger partial charge in [-0.1, -0.05) is 19.1 Å². The maximum absolute atomic E-state index is 12.6. The first-order valence-electron chi connectivity index (χ1n) is 10.8. The Morgan fingerprint density at radius 2 is 1.74 bits per heavy atom. The zero-order valence-corrected chi connectivity index (χ0v) is 18.2. The molecular weight excluding hydrogens is 450 g/mol. The molecule has 1 aromatic carbocycles. The average molecular weight is 473 g/mol. The molecule has 0 radical (unpaired) electrons. The number of rotatable bonds is 8. The molecular formula is C22H23N3O9. The summed E-state index contributed by atoms with van der Waals surface area (Å²) >= 11 is 0. The summed E-state index contributed by atoms with van der Waals surface area (Å²) < 4.78 is 4.96. The maximum Gasteiger partial charge on any atom is 0.407 e. The van der Waals surface area contributed by atoms with E-state index in [9.17, 15) is 34.4 Å². The summed E-state index contributed by atoms with van der Waals surface area (Å²) in [5.74, 6) is -3.38. The zero-order valence-electron chi connectivity index (χ0n) is 18.2. The van der Waals surface area contributed by atoms with Crippen molar-refractivity contribution < 1.29 is 38.8 Å². The highest BCUT2D eigenvalue weighted by Crippen LogP contribution is 2.55. The van der Waals surface area contributed by atoms with Crippen LogP contribution < -0.4 is 5.32 Å². The number of hydroxylamine groups is 2. The van der Waals surface area contributed by atoms with Crippen LogP contribution in [0.1, 0.15) is 18.9 Å². The minimum absolute atomic E-state index is 0.0682. The van der Waals surface area contributed by atoms with Gasteiger partial charge in [-0.25, -0.2) is 9.59 Å². The molecule has 2 unspecified atom stereocenters. The van der Waals surface area contributed by atoms with Gasteiger partial charge in [0.05, 0.1) is 16.8 Å². The highest BCUT2D eigenvalue weighted by molar-refractivity contribution is 6.06. The smallest absolute Gasteiger partial charge is 0.407 e. The number of imide groups is 1. The van der Waals surface area contributed by atoms with E-state index in [4.69, 9.17) is 9.57 Å². The van der Waals surface area contributed by atoms with E-state index in [1.54, 1.807) is 0 Å². The lowest BCUT2D eigenvalue weighted by Gasteiger charge is -2.19. The highest BCUT2D eigenvalue weighted by Gasteiger charge is 2.63. The molecule has 2 fully saturated rings. The van der Waals surface area contributed by atoms with E-state index in [0.29, 0.717) is 10.6 Å². The number of carbonyl (C=O) groups is 4. The predicted octanol–water partition coefficient (Wildman–Crippen LogP) is 1.08. The Hall–Kier alpha value is -3.80. The van der Waals surface area contributed by atoms with Crippen molar-refractivity contribution in [1.82, 2.24) is 10.4 Å². The quantitative estimate of drug-likeness (QED) is 0.243. The minimum atomic E-state index is -1.68. The van der Waals surface area contributed by atoms with Crippen molar-refractivity contribution in [3.8, 4) is 0 Å². The largest absolute Gasteiger partial charge is 0.445 e. The third kappa shape index (κ3) is 4.23. The second kappa shape index (κ2) is 9.21. The van der Waals surface area contributed by atoms with Crippen LogP contribution in [0.4, 0.5) is 10.5 Å². The Balaban J connectivity index is 1.19. The molecule has 1 aromatic rings. The van der Waals surface area contributed by atoms with E-state index in [1.165, 1.54) is 24.3 Å². The molecule has 34 heavy (non-hydrogen) atoms. The van der Waals surface area contributed by atoms with Crippen molar-refractivity contribution in [2.24, 2.45) is 29.6 Å². The van der Waals surface area contributed by atoms with Gasteiger partial charge in [0.15, 0.2) is 6.10 Å². The van der Waals surface area contributed by atoms with Crippen LogP contribution in [0.5, 0.6) is 0 Å². The third-order valence-electron chi connectivity index (χ3n) is 6.61. The number of fused-ring (bicyclic) bond motifs is 5. The fourth-order valence-electron chi connectivity index (χ4n) is 4.84. The number of allylic oxidation sites excluding steroid dienone is 2. The number of nitrogens with one attached hydrogen (secondary N) is 1. The number of aliphatic hydroxyl groups excluding tert-OH is 1. The molecule has 12 heteroatoms. The monoisotopic (exact) mass is 473 g/mol. The number of nitrogens with zero attached hydrogens (tertiary/aromatic N) is 2. The second-order valence-electron chi connectivity index (χ2n) is 8.56. The van der Waals surface area contributed by atoms with Gasteiger partial charge in [-0.3, -0.25) is 19.7 Å². The lowest BCUT2D eigenvalue weighted by molar-refractivity contribution is -0.384. The number of ether oxygens (including phenoxy) is 1. The van der Waals surface area contributed by atoms with Crippen molar-refractivity contribution in [2.75, 3.05) is 6.54 Å². The van der Waals surface area contributed by atoms with Crippen LogP contribution in [0.3, 0.4) is 0 Å². The van der Waals surface area contributed by atoms with Gasteiger partial charge in [-0.15, -0.1) is 5.06 Å². The van der Waals surface area contributed by atoms with Crippen LogP contribution >= 0.6 is 0 Å². The Morgan fingerprint density at radius 3 is 2.29 bits per heavy atom. The average Bonchev–Trinajstić information content (AvgIpc) is 3.40. The summed E-state index contributed by atoms with van der Waals surface area (Å²) in [7, 11) is 0. The molecule has 180 valence electrons. The molecule has 1 saturated carbocycles. The van der Waals surface area contributed by atoms with E-state index < -0.39 is 46.7 Å². The summed E-state index contributed by atoms with van der Waals surface area (Å²) in [5, 5.41) is 23.5. The SMILES string of the molecule is C[C@@H]1C2C=CC1[C@@H]1C(=O)N(OC(=O)[C@@H](O)CCNC(=O)OCc3ccc([N+](=O)[O-])cc3)C(=O)[C@H]21. The van der Waals surface area contributed by atoms with Crippen molar-refractivity contribution in [3.63, 3.8) is 0 Å². The van der Waals surface area contributed by atoms with Gasteiger partial charge in [0.25, 0.3) is 17.5 Å². The van der Waals surface area contributed by atoms with Crippen LogP contribution in [-0.2, 0) is 30.6 Å². The van der Waals surface area contributed by atoms with Crippen molar-refractivity contribution in [3.05, 3.63) is 52.1 Å². The Bertz CT molecular complexity index is 1020. The molecule has 12 nitrogen and oxygen atoms in total. The molecule has 0 spiro atoms. The van der Waals surface area contributed by atoms with Crippen LogP contribution in [0.2, 0.25) is 0 Å². The Kier molecular flexibility index (Phi) is 6.33. The van der Waals surface area contributed by atoms with E-state index in [0.717, 1.165) is 0 Å². The molecule has 1 aliphatic heterocycles. The summed E-state index contributed by atoms with van der Waals surface area (Å²) in [5.41, 5.74) is 0.445. The standard InChI is InChI=1S/C22H23N3O9/c1-11-14-6-7-15(11)18-17(14)19(27)24(20(18)28)34-21(29)16(26)8-9-23-22(30)33-10-12-2-4-13(5-3-12)25(31)32/h2-7,11,14-18,26H,8-10H2,1H3,(H,23,30)/t11-,14?,15?,16-,17-,18+/m0/s1. The van der Waals surface area contributed by atoms with E-state index in [2.05, 4.69) is 5.32 Å². The van der Waals surface area contributed by atoms with E-state index in [-0.39, 0.29) is 43.0 Å². The molecule has 0 aromatic heterocycles. The lowest BCUT2D eigenvalue weighted by Crippen LogP contribution is -2.40. The first kappa shape index (κ1) is 23.4. The minimum Gasteiger partial charge on any atom is -0.445 e. The first-order valence-corrected chi connectivity index (χ1v) is 10.8. The second-order valence-corrected chi connectivity index (χ2v) is 8.56. The molecule has 1 saturated heterocycles. The molecule has 3 amide bonds. The van der Waals surface area contributed by atoms with Crippen molar-refractivity contribution >= 4 is 29.6 Å². The first-order chi connectivity index (χ1) is 16.2. The van der Waals surface area contributed by atoms with Gasteiger partial charge in [-0.05, 0) is 35.4 Å². The number of nitro groups is 1. The van der Waals surface area contributed by atoms with Gasteiger partial charge in [0.2, 0.25) is 0 Å². The zero-order chi connectivity index (χ0) is 24.6. The van der Waals surface area contributed by atoms with Crippen molar-refractivity contribution in [2.45, 2.75) is 26.1 Å². The topological polar surface area (TPSA) is 165 Å². The molecule has 6 atom stereocenters. The lowest BCUT2D eigenvalue weighted by atomic mass is 9.85. The number of aliphatic hydroxyl groups is 1. The van der Waals surface area contributed by atoms with Crippen LogP contribution in [-0.4, -0.2) is 51.6 Å². The van der Waals surface area contributed by atoms with Gasteiger partial charge in [0.1, 0.15) is 6.61 Å². The molecule has 3 aliphatic rings. The molecule has 2 N–H and O–H groups in total. The predicted molar refractivity (Wildman–Crippen MR) is 112 cm³/mol. The molecule has 1 heterocycles. The molecule has 2 aliphatic carbocycles. The van der Waals surface area contributed by atoms with Gasteiger partial charge in [-0.2, -0.15) is 0 Å². The third-order valence-corrected chi connectivity index (χ3v) is 6.61. The summed E-state index contributed by atoms with van der Waals surface area (Å²) in [6, 6.07) is 5.46.